The molecule has 2 rings (SSSR count). The van der Waals surface area contributed by atoms with Crippen LogP contribution in [0.2, 0.25) is 0 Å². The van der Waals surface area contributed by atoms with Gasteiger partial charge in [0.05, 0.1) is 0 Å². The van der Waals surface area contributed by atoms with Crippen LogP contribution in [0.5, 0.6) is 0 Å². The zero-order chi connectivity index (χ0) is 12.4. The maximum absolute atomic E-state index is 7.43. The molecule has 0 aliphatic heterocycles. The Labute approximate surface area is 103 Å². The minimum Gasteiger partial charge on any atom is -0.384 e. The highest BCUT2D eigenvalue weighted by Gasteiger charge is 2.32. The van der Waals surface area contributed by atoms with E-state index in [-0.39, 0.29) is 5.84 Å². The Morgan fingerprint density at radius 1 is 1.53 bits per heavy atom. The van der Waals surface area contributed by atoms with E-state index in [1.165, 1.54) is 18.5 Å². The molecule has 0 spiro atoms. The normalized spacial score (nSPS) is 22.8. The number of nitrogens with two attached hydrogens (primary N) is 1. The van der Waals surface area contributed by atoms with Crippen LogP contribution in [0.15, 0.2) is 24.3 Å². The minimum atomic E-state index is 0.144. The lowest BCUT2D eigenvalue weighted by Gasteiger charge is -2.16. The highest BCUT2D eigenvalue weighted by Crippen LogP contribution is 2.38. The quantitative estimate of drug-likeness (QED) is 0.602. The maximum Gasteiger partial charge on any atom is 0.122 e. The Bertz CT molecular complexity index is 414. The fraction of sp³-hybridized carbons (Fsp3) is 0.500. The van der Waals surface area contributed by atoms with Crippen molar-refractivity contribution in [2.75, 3.05) is 13.6 Å². The summed E-state index contributed by atoms with van der Waals surface area (Å²) in [6.07, 6.45) is 1.37. The fourth-order valence-corrected chi connectivity index (χ4v) is 2.27. The van der Waals surface area contributed by atoms with Crippen LogP contribution >= 0.6 is 0 Å². The second-order valence-electron chi connectivity index (χ2n) is 5.28. The van der Waals surface area contributed by atoms with Gasteiger partial charge < -0.3 is 10.6 Å². The van der Waals surface area contributed by atoms with E-state index in [4.69, 9.17) is 11.1 Å². The predicted octanol–water partition coefficient (Wildman–Crippen LogP) is 2.06. The van der Waals surface area contributed by atoms with Crippen molar-refractivity contribution in [3.63, 3.8) is 0 Å². The molecule has 3 nitrogen and oxygen atoms in total. The van der Waals surface area contributed by atoms with Crippen molar-refractivity contribution in [3.05, 3.63) is 35.4 Å². The van der Waals surface area contributed by atoms with Crippen LogP contribution in [-0.2, 0) is 6.54 Å². The average Bonchev–Trinajstić information content (AvgIpc) is 2.94. The van der Waals surface area contributed by atoms with Gasteiger partial charge in [-0.2, -0.15) is 0 Å². The van der Waals surface area contributed by atoms with E-state index < -0.39 is 0 Å². The molecule has 0 amide bonds. The summed E-state index contributed by atoms with van der Waals surface area (Å²) in [6, 6.07) is 7.96. The molecule has 1 aliphatic carbocycles. The number of hydrogen-bond acceptors (Lipinski definition) is 2. The van der Waals surface area contributed by atoms with E-state index in [1.54, 1.807) is 0 Å². The Morgan fingerprint density at radius 3 is 2.82 bits per heavy atom. The molecule has 0 heterocycles. The van der Waals surface area contributed by atoms with Gasteiger partial charge in [-0.1, -0.05) is 25.1 Å². The molecular weight excluding hydrogens is 210 g/mol. The molecule has 2 unspecified atom stereocenters. The minimum absolute atomic E-state index is 0.144. The molecule has 0 aromatic heterocycles. The highest BCUT2D eigenvalue weighted by atomic mass is 15.1. The molecule has 92 valence electrons. The van der Waals surface area contributed by atoms with Gasteiger partial charge in [0.15, 0.2) is 0 Å². The van der Waals surface area contributed by atoms with Crippen LogP contribution in [-0.4, -0.2) is 24.3 Å². The van der Waals surface area contributed by atoms with Crippen LogP contribution in [0, 0.1) is 17.2 Å². The van der Waals surface area contributed by atoms with Crippen LogP contribution in [0.1, 0.15) is 24.5 Å². The second-order valence-corrected chi connectivity index (χ2v) is 5.28. The summed E-state index contributed by atoms with van der Waals surface area (Å²) in [4.78, 5) is 2.35. The van der Waals surface area contributed by atoms with Crippen LogP contribution < -0.4 is 5.73 Å². The number of nitrogens with one attached hydrogen (secondary N) is 1. The van der Waals surface area contributed by atoms with Gasteiger partial charge in [0.2, 0.25) is 0 Å². The molecule has 1 saturated carbocycles. The third kappa shape index (κ3) is 3.30. The molecule has 0 radical (unpaired) electrons. The predicted molar refractivity (Wildman–Crippen MR) is 71.1 cm³/mol. The molecule has 1 aliphatic rings. The summed E-state index contributed by atoms with van der Waals surface area (Å²) in [5.74, 6) is 1.93. The van der Waals surface area contributed by atoms with Gasteiger partial charge in [-0.25, -0.2) is 0 Å². The third-order valence-electron chi connectivity index (χ3n) is 3.51. The largest absolute Gasteiger partial charge is 0.384 e. The van der Waals surface area contributed by atoms with Gasteiger partial charge in [0, 0.05) is 18.7 Å². The first-order valence-electron chi connectivity index (χ1n) is 6.18. The lowest BCUT2D eigenvalue weighted by molar-refractivity contribution is 0.307. The number of nitrogen functional groups attached to an aromatic ring is 1. The van der Waals surface area contributed by atoms with Crippen molar-refractivity contribution >= 4 is 5.84 Å². The first-order valence-corrected chi connectivity index (χ1v) is 6.18. The van der Waals surface area contributed by atoms with E-state index in [9.17, 15) is 0 Å². The molecule has 3 heteroatoms. The Kier molecular flexibility index (Phi) is 3.48. The van der Waals surface area contributed by atoms with E-state index in [0.29, 0.717) is 0 Å². The smallest absolute Gasteiger partial charge is 0.122 e. The van der Waals surface area contributed by atoms with Crippen LogP contribution in [0.4, 0.5) is 0 Å². The van der Waals surface area contributed by atoms with E-state index in [2.05, 4.69) is 24.9 Å². The molecule has 1 aromatic carbocycles. The summed E-state index contributed by atoms with van der Waals surface area (Å²) in [5, 5.41) is 7.43. The summed E-state index contributed by atoms with van der Waals surface area (Å²) < 4.78 is 0. The molecular formula is C14H21N3. The molecule has 17 heavy (non-hydrogen) atoms. The molecule has 3 N–H and O–H groups in total. The van der Waals surface area contributed by atoms with Crippen molar-refractivity contribution in [1.82, 2.24) is 4.90 Å². The zero-order valence-electron chi connectivity index (χ0n) is 10.6. The Hall–Kier alpha value is -1.35. The van der Waals surface area contributed by atoms with Crippen molar-refractivity contribution in [1.29, 1.82) is 5.41 Å². The van der Waals surface area contributed by atoms with Gasteiger partial charge in [-0.05, 0) is 36.9 Å². The topological polar surface area (TPSA) is 53.1 Å². The number of benzene rings is 1. The van der Waals surface area contributed by atoms with E-state index in [0.717, 1.165) is 23.9 Å². The zero-order valence-corrected chi connectivity index (χ0v) is 10.6. The Morgan fingerprint density at radius 2 is 2.24 bits per heavy atom. The number of hydrogen-bond donors (Lipinski definition) is 2. The SMILES string of the molecule is CC1CC1CN(C)Cc1cccc(C(=N)N)c1. The van der Waals surface area contributed by atoms with Gasteiger partial charge in [0.25, 0.3) is 0 Å². The van der Waals surface area contributed by atoms with Crippen LogP contribution in [0.3, 0.4) is 0 Å². The lowest BCUT2D eigenvalue weighted by atomic mass is 10.1. The highest BCUT2D eigenvalue weighted by molar-refractivity contribution is 5.95. The standard InChI is InChI=1S/C14H21N3/c1-10-6-13(10)9-17(2)8-11-4-3-5-12(7-11)14(15)16/h3-5,7,10,13H,6,8-9H2,1-2H3,(H3,15,16). The number of nitrogens with zero attached hydrogens (tertiary/aromatic N) is 1. The van der Waals surface area contributed by atoms with E-state index >= 15 is 0 Å². The maximum atomic E-state index is 7.43. The number of rotatable bonds is 5. The molecule has 1 fully saturated rings. The van der Waals surface area contributed by atoms with Crippen molar-refractivity contribution in [2.24, 2.45) is 17.6 Å². The first-order chi connectivity index (χ1) is 8.06. The molecule has 1 aromatic rings. The number of amidine groups is 1. The van der Waals surface area contributed by atoms with Crippen molar-refractivity contribution in [3.8, 4) is 0 Å². The summed E-state index contributed by atoms with van der Waals surface area (Å²) in [7, 11) is 2.16. The molecule has 0 saturated heterocycles. The van der Waals surface area contributed by atoms with E-state index in [1.807, 2.05) is 18.2 Å². The van der Waals surface area contributed by atoms with Gasteiger partial charge in [-0.15, -0.1) is 0 Å². The lowest BCUT2D eigenvalue weighted by Crippen LogP contribution is -2.21. The molecule has 2 atom stereocenters. The summed E-state index contributed by atoms with van der Waals surface area (Å²) >= 11 is 0. The fourth-order valence-electron chi connectivity index (χ4n) is 2.27. The van der Waals surface area contributed by atoms with Crippen molar-refractivity contribution in [2.45, 2.75) is 19.9 Å². The third-order valence-corrected chi connectivity index (χ3v) is 3.51. The van der Waals surface area contributed by atoms with Crippen molar-refractivity contribution < 1.29 is 0 Å². The molecule has 0 bridgehead atoms. The first kappa shape index (κ1) is 12.1. The van der Waals surface area contributed by atoms with Gasteiger partial charge in [0.1, 0.15) is 5.84 Å². The summed E-state index contributed by atoms with van der Waals surface area (Å²) in [6.45, 7) is 4.42. The van der Waals surface area contributed by atoms with Gasteiger partial charge >= 0.3 is 0 Å². The van der Waals surface area contributed by atoms with Gasteiger partial charge in [-0.3, -0.25) is 5.41 Å². The monoisotopic (exact) mass is 231 g/mol. The Balaban J connectivity index is 1.93. The second kappa shape index (κ2) is 4.88. The average molecular weight is 231 g/mol. The summed E-state index contributed by atoms with van der Waals surface area (Å²) in [5.41, 5.74) is 7.54. The van der Waals surface area contributed by atoms with Crippen LogP contribution in [0.25, 0.3) is 0 Å².